The predicted molar refractivity (Wildman–Crippen MR) is 26.8 cm³/mol. The van der Waals surface area contributed by atoms with E-state index in [0.717, 1.165) is 19.5 Å². The third kappa shape index (κ3) is 3.72. The van der Waals surface area contributed by atoms with Crippen molar-refractivity contribution in [2.24, 2.45) is 0 Å². The summed E-state index contributed by atoms with van der Waals surface area (Å²) in [6.07, 6.45) is 1.11. The summed E-state index contributed by atoms with van der Waals surface area (Å²) in [6, 6.07) is 0.525. The average Bonchev–Trinajstić information content (AvgIpc) is 1.68. The third-order valence-electron chi connectivity index (χ3n) is 1.02. The summed E-state index contributed by atoms with van der Waals surface area (Å²) >= 11 is 0. The van der Waals surface area contributed by atoms with E-state index in [2.05, 4.69) is 17.2 Å². The summed E-state index contributed by atoms with van der Waals surface area (Å²) in [5, 5.41) is 0. The van der Waals surface area contributed by atoms with Crippen LogP contribution in [0.25, 0.3) is 0 Å². The van der Waals surface area contributed by atoms with Crippen LogP contribution in [0.15, 0.2) is 0 Å². The van der Waals surface area contributed by atoms with E-state index in [1.807, 2.05) is 0 Å². The van der Waals surface area contributed by atoms with Gasteiger partial charge < -0.3 is 17.2 Å². The Morgan fingerprint density at radius 1 is 1.29 bits per heavy atom. The van der Waals surface area contributed by atoms with E-state index < -0.39 is 0 Å². The smallest absolute Gasteiger partial charge is 0.139 e. The van der Waals surface area contributed by atoms with Crippen LogP contribution in [0.1, 0.15) is 6.42 Å². The maximum Gasteiger partial charge on any atom is 0.139 e. The second-order valence-electron chi connectivity index (χ2n) is 1.80. The quantitative estimate of drug-likeness (QED) is 0.333. The van der Waals surface area contributed by atoms with Gasteiger partial charge in [0.25, 0.3) is 0 Å². The van der Waals surface area contributed by atoms with E-state index >= 15 is 0 Å². The normalized spacial score (nSPS) is 14.1. The van der Waals surface area contributed by atoms with Gasteiger partial charge in [-0.05, 0) is 0 Å². The lowest BCUT2D eigenvalue weighted by molar-refractivity contribution is -0.502. The number of quaternary nitrogens is 3. The maximum atomic E-state index is 3.84. The molecule has 0 aromatic carbocycles. The Hall–Kier alpha value is -0.120. The van der Waals surface area contributed by atoms with Crippen LogP contribution in [-0.2, 0) is 0 Å². The molecule has 0 aliphatic rings. The van der Waals surface area contributed by atoms with Crippen molar-refractivity contribution in [2.75, 3.05) is 13.1 Å². The zero-order chi connectivity index (χ0) is 5.70. The van der Waals surface area contributed by atoms with Crippen LogP contribution in [0, 0.1) is 0 Å². The van der Waals surface area contributed by atoms with E-state index in [1.165, 1.54) is 0 Å². The minimum atomic E-state index is 0.525. The molecule has 0 saturated carbocycles. The Labute approximate surface area is 43.9 Å². The molecule has 0 heterocycles. The molecule has 0 fully saturated rings. The van der Waals surface area contributed by atoms with Gasteiger partial charge in [-0.1, -0.05) is 0 Å². The summed E-state index contributed by atoms with van der Waals surface area (Å²) in [4.78, 5) is 0. The lowest BCUT2D eigenvalue weighted by Gasteiger charge is -1.95. The lowest BCUT2D eigenvalue weighted by atomic mass is 10.2. The first-order valence-corrected chi connectivity index (χ1v) is 2.72. The molecule has 1 atom stereocenters. The Morgan fingerprint density at radius 2 is 1.86 bits per heavy atom. The van der Waals surface area contributed by atoms with Crippen molar-refractivity contribution in [3.63, 3.8) is 0 Å². The zero-order valence-electron chi connectivity index (χ0n) is 4.82. The Kier molecular flexibility index (Phi) is 3.98. The molecular weight excluding hydrogens is 90.1 g/mol. The van der Waals surface area contributed by atoms with Crippen molar-refractivity contribution < 1.29 is 17.2 Å². The van der Waals surface area contributed by atoms with E-state index in [0.29, 0.717) is 6.04 Å². The zero-order valence-corrected chi connectivity index (χ0v) is 4.82. The molecule has 3 heteroatoms. The van der Waals surface area contributed by atoms with Gasteiger partial charge in [0.1, 0.15) is 12.6 Å². The summed E-state index contributed by atoms with van der Waals surface area (Å²) < 4.78 is 0. The number of rotatable bonds is 3. The van der Waals surface area contributed by atoms with Crippen LogP contribution in [0.4, 0.5) is 0 Å². The SMILES string of the molecule is [NH3+]CCC([NH3+])C[NH3+]. The van der Waals surface area contributed by atoms with Gasteiger partial charge in [-0.2, -0.15) is 0 Å². The summed E-state index contributed by atoms with van der Waals surface area (Å²) in [6.45, 7) is 1.93. The van der Waals surface area contributed by atoms with Crippen LogP contribution < -0.4 is 17.2 Å². The van der Waals surface area contributed by atoms with Gasteiger partial charge in [0.05, 0.1) is 13.0 Å². The second-order valence-corrected chi connectivity index (χ2v) is 1.80. The highest BCUT2D eigenvalue weighted by atomic mass is 14.7. The van der Waals surface area contributed by atoms with Gasteiger partial charge in [0.15, 0.2) is 0 Å². The van der Waals surface area contributed by atoms with Gasteiger partial charge in [0.2, 0.25) is 0 Å². The standard InChI is InChI=1S/C4H13N3/c5-2-1-4(7)3-6/h4H,1-3,5-7H2/p+3. The van der Waals surface area contributed by atoms with Gasteiger partial charge in [-0.15, -0.1) is 0 Å². The fourth-order valence-electron chi connectivity index (χ4n) is 0.433. The second kappa shape index (κ2) is 4.05. The average molecular weight is 106 g/mol. The Morgan fingerprint density at radius 3 is 2.00 bits per heavy atom. The van der Waals surface area contributed by atoms with Crippen molar-refractivity contribution >= 4 is 0 Å². The van der Waals surface area contributed by atoms with E-state index in [-0.39, 0.29) is 0 Å². The number of hydrogen-bond donors (Lipinski definition) is 3. The van der Waals surface area contributed by atoms with Gasteiger partial charge in [-0.25, -0.2) is 0 Å². The molecule has 0 spiro atoms. The molecule has 7 heavy (non-hydrogen) atoms. The molecule has 0 aromatic rings. The molecule has 44 valence electrons. The summed E-state index contributed by atoms with van der Waals surface area (Å²) in [5.41, 5.74) is 11.3. The van der Waals surface area contributed by atoms with Crippen molar-refractivity contribution in [1.82, 2.24) is 0 Å². The minimum absolute atomic E-state index is 0.525. The highest BCUT2D eigenvalue weighted by Crippen LogP contribution is 1.72. The topological polar surface area (TPSA) is 82.9 Å². The largest absolute Gasteiger partial charge is 0.357 e. The van der Waals surface area contributed by atoms with Gasteiger partial charge >= 0.3 is 0 Å². The van der Waals surface area contributed by atoms with Crippen LogP contribution in [0.5, 0.6) is 0 Å². The monoisotopic (exact) mass is 106 g/mol. The lowest BCUT2D eigenvalue weighted by Crippen LogP contribution is -2.74. The Bertz CT molecular complexity index is 37.9. The highest BCUT2D eigenvalue weighted by Gasteiger charge is 2.02. The maximum absolute atomic E-state index is 3.84. The van der Waals surface area contributed by atoms with Crippen molar-refractivity contribution in [3.8, 4) is 0 Å². The van der Waals surface area contributed by atoms with E-state index in [1.54, 1.807) is 0 Å². The predicted octanol–water partition coefficient (Wildman–Crippen LogP) is -3.53. The van der Waals surface area contributed by atoms with Crippen molar-refractivity contribution in [2.45, 2.75) is 12.5 Å². The van der Waals surface area contributed by atoms with Crippen molar-refractivity contribution in [1.29, 1.82) is 0 Å². The Balaban J connectivity index is 2.83. The summed E-state index contributed by atoms with van der Waals surface area (Å²) in [7, 11) is 0. The van der Waals surface area contributed by atoms with Gasteiger partial charge in [-0.3, -0.25) is 0 Å². The fraction of sp³-hybridized carbons (Fsp3) is 1.00. The first-order chi connectivity index (χ1) is 3.31. The first-order valence-electron chi connectivity index (χ1n) is 2.72. The van der Waals surface area contributed by atoms with Crippen LogP contribution >= 0.6 is 0 Å². The molecule has 0 saturated heterocycles. The molecule has 1 unspecified atom stereocenters. The molecule has 0 bridgehead atoms. The molecule has 0 aromatic heterocycles. The van der Waals surface area contributed by atoms with Crippen LogP contribution in [0.3, 0.4) is 0 Å². The van der Waals surface area contributed by atoms with Crippen LogP contribution in [-0.4, -0.2) is 19.1 Å². The molecule has 0 rings (SSSR count). The first kappa shape index (κ1) is 6.88. The molecular formula is C4H16N3+3. The van der Waals surface area contributed by atoms with Crippen molar-refractivity contribution in [3.05, 3.63) is 0 Å². The fourth-order valence-corrected chi connectivity index (χ4v) is 0.433. The highest BCUT2D eigenvalue weighted by molar-refractivity contribution is 4.44. The molecule has 0 radical (unpaired) electrons. The molecule has 9 N–H and O–H groups in total. The van der Waals surface area contributed by atoms with E-state index in [4.69, 9.17) is 0 Å². The van der Waals surface area contributed by atoms with E-state index in [9.17, 15) is 0 Å². The third-order valence-corrected chi connectivity index (χ3v) is 1.02. The molecule has 0 aliphatic heterocycles. The molecule has 0 amide bonds. The number of hydrogen-bond acceptors (Lipinski definition) is 0. The van der Waals surface area contributed by atoms with Crippen LogP contribution in [0.2, 0.25) is 0 Å². The molecule has 0 aliphatic carbocycles. The molecule has 3 nitrogen and oxygen atoms in total. The van der Waals surface area contributed by atoms with Gasteiger partial charge in [0, 0.05) is 0 Å². The summed E-state index contributed by atoms with van der Waals surface area (Å²) in [5.74, 6) is 0. The minimum Gasteiger partial charge on any atom is -0.357 e.